The van der Waals surface area contributed by atoms with E-state index in [9.17, 15) is 14.4 Å². The van der Waals surface area contributed by atoms with Crippen LogP contribution in [0.25, 0.3) is 21.8 Å². The first-order valence-corrected chi connectivity index (χ1v) is 10.5. The summed E-state index contributed by atoms with van der Waals surface area (Å²) in [5.74, 6) is -1.71. The number of amides is 3. The van der Waals surface area contributed by atoms with Gasteiger partial charge in [-0.1, -0.05) is 24.6 Å². The number of nitrogens with one attached hydrogen (secondary N) is 1. The highest BCUT2D eigenvalue weighted by molar-refractivity contribution is 6.36. The van der Waals surface area contributed by atoms with Crippen LogP contribution < -0.4 is 11.5 Å². The van der Waals surface area contributed by atoms with E-state index in [1.165, 1.54) is 0 Å². The average Bonchev–Trinajstić information content (AvgIpc) is 3.42. The summed E-state index contributed by atoms with van der Waals surface area (Å²) in [6.07, 6.45) is 4.31. The third kappa shape index (κ3) is 3.07. The van der Waals surface area contributed by atoms with Crippen LogP contribution in [0.4, 0.5) is 0 Å². The highest BCUT2D eigenvalue weighted by Crippen LogP contribution is 2.43. The lowest BCUT2D eigenvalue weighted by Gasteiger charge is -2.17. The van der Waals surface area contributed by atoms with E-state index in [0.29, 0.717) is 30.5 Å². The minimum atomic E-state index is -0.898. The Balaban J connectivity index is 0.00000231. The van der Waals surface area contributed by atoms with Gasteiger partial charge in [-0.2, -0.15) is 0 Å². The number of fused-ring (bicyclic) bond motifs is 8. The molecule has 1 atom stereocenters. The zero-order chi connectivity index (χ0) is 21.0. The molecule has 0 fully saturated rings. The van der Waals surface area contributed by atoms with Gasteiger partial charge in [-0.3, -0.25) is 14.4 Å². The number of aryl methyl sites for hydroxylation is 1. The quantitative estimate of drug-likeness (QED) is 0.416. The fraction of sp³-hybridized carbons (Fsp3) is 0.348. The summed E-state index contributed by atoms with van der Waals surface area (Å²) in [6, 6.07) is 6.84. The maximum Gasteiger partial charge on any atom is 0.269 e. The van der Waals surface area contributed by atoms with Gasteiger partial charge >= 0.3 is 0 Å². The second kappa shape index (κ2) is 8.07. The van der Waals surface area contributed by atoms with Gasteiger partial charge in [0.1, 0.15) is 0 Å². The Morgan fingerprint density at radius 3 is 2.55 bits per heavy atom. The van der Waals surface area contributed by atoms with Gasteiger partial charge in [0.15, 0.2) is 0 Å². The molecule has 5 rings (SSSR count). The lowest BCUT2D eigenvalue weighted by Crippen LogP contribution is -2.46. The summed E-state index contributed by atoms with van der Waals surface area (Å²) in [7, 11) is 0. The Labute approximate surface area is 185 Å². The maximum atomic E-state index is 13.4. The van der Waals surface area contributed by atoms with E-state index in [0.717, 1.165) is 63.5 Å². The molecule has 1 aromatic heterocycles. The minimum absolute atomic E-state index is 0. The Morgan fingerprint density at radius 1 is 1.06 bits per heavy atom. The number of carbonyl (C=O) groups excluding carboxylic acids is 3. The molecular weight excluding hydrogens is 416 g/mol. The van der Waals surface area contributed by atoms with Crippen LogP contribution in [0.15, 0.2) is 24.3 Å². The Kier molecular flexibility index (Phi) is 5.60. The highest BCUT2D eigenvalue weighted by Gasteiger charge is 2.46. The largest absolute Gasteiger partial charge is 0.354 e. The molecule has 0 saturated carbocycles. The number of unbranched alkanes of at least 4 members (excludes halogenated alkanes) is 1. The number of hydrogen-bond donors (Lipinski definition) is 3. The molecule has 3 aromatic rings. The molecule has 0 saturated heterocycles. The van der Waals surface area contributed by atoms with Crippen molar-refractivity contribution in [1.82, 2.24) is 9.88 Å². The number of aromatic amines is 1. The number of para-hydroxylation sites is 1. The molecule has 2 aliphatic rings. The summed E-state index contributed by atoms with van der Waals surface area (Å²) in [4.78, 5) is 44.0. The summed E-state index contributed by atoms with van der Waals surface area (Å²) in [6.45, 7) is 0.513. The monoisotopic (exact) mass is 440 g/mol. The Hall–Kier alpha value is -2.74. The Morgan fingerprint density at radius 2 is 1.77 bits per heavy atom. The molecule has 0 bridgehead atoms. The van der Waals surface area contributed by atoms with E-state index < -0.39 is 23.8 Å². The van der Waals surface area contributed by atoms with Crippen molar-refractivity contribution in [3.05, 3.63) is 46.5 Å². The number of aromatic nitrogens is 1. The average molecular weight is 441 g/mol. The first kappa shape index (κ1) is 21.5. The standard InChI is InChI=1S/C23H24N4O3.ClH/c24-11-4-3-9-15(25)21(28)27-22(29)18-12-7-5-8-13(12)20-17(19(18)23(27)30)14-6-1-2-10-16(14)26-20;/h1-2,6,10,15,26H,3-5,7-9,11,24-25H2;1H/t15-;/m0./s1. The molecule has 0 unspecified atom stereocenters. The van der Waals surface area contributed by atoms with Crippen molar-refractivity contribution in [2.75, 3.05) is 6.54 Å². The predicted molar refractivity (Wildman–Crippen MR) is 121 cm³/mol. The second-order valence-electron chi connectivity index (χ2n) is 8.16. The van der Waals surface area contributed by atoms with Gasteiger partial charge in [0.2, 0.25) is 0 Å². The highest BCUT2D eigenvalue weighted by atomic mass is 35.5. The fourth-order valence-corrected chi connectivity index (χ4v) is 4.96. The van der Waals surface area contributed by atoms with Gasteiger partial charge in [-0.05, 0) is 55.8 Å². The SMILES string of the molecule is Cl.NCCCC[C@H](N)C(=O)N1C(=O)c2c3c(c4[nH]c5ccccc5c4c2C1=O)CCC3. The summed E-state index contributed by atoms with van der Waals surface area (Å²) < 4.78 is 0. The van der Waals surface area contributed by atoms with Crippen LogP contribution in [0.3, 0.4) is 0 Å². The number of nitrogens with zero attached hydrogens (tertiary/aromatic N) is 1. The van der Waals surface area contributed by atoms with E-state index in [1.54, 1.807) is 0 Å². The molecule has 5 N–H and O–H groups in total. The zero-order valence-corrected chi connectivity index (χ0v) is 17.9. The van der Waals surface area contributed by atoms with E-state index in [4.69, 9.17) is 11.5 Å². The molecular formula is C23H25ClN4O3. The number of rotatable bonds is 5. The molecule has 2 heterocycles. The molecule has 0 radical (unpaired) electrons. The van der Waals surface area contributed by atoms with Gasteiger partial charge in [-0.15, -0.1) is 12.4 Å². The molecule has 7 nitrogen and oxygen atoms in total. The molecule has 8 heteroatoms. The maximum absolute atomic E-state index is 13.4. The predicted octanol–water partition coefficient (Wildman–Crippen LogP) is 2.81. The number of halogens is 1. The van der Waals surface area contributed by atoms with Gasteiger partial charge in [-0.25, -0.2) is 4.90 Å². The molecule has 0 spiro atoms. The third-order valence-electron chi connectivity index (χ3n) is 6.37. The lowest BCUT2D eigenvalue weighted by molar-refractivity contribution is -0.127. The summed E-state index contributed by atoms with van der Waals surface area (Å²) in [5, 5.41) is 1.63. The van der Waals surface area contributed by atoms with Gasteiger partial charge < -0.3 is 16.5 Å². The number of benzene rings is 2. The topological polar surface area (TPSA) is 122 Å². The normalized spacial score (nSPS) is 16.0. The number of nitrogens with two attached hydrogens (primary N) is 2. The van der Waals surface area contributed by atoms with Gasteiger partial charge in [0.05, 0.1) is 22.7 Å². The second-order valence-corrected chi connectivity index (χ2v) is 8.16. The van der Waals surface area contributed by atoms with Crippen molar-refractivity contribution >= 4 is 51.9 Å². The molecule has 3 amide bonds. The van der Waals surface area contributed by atoms with Crippen molar-refractivity contribution in [2.24, 2.45) is 11.5 Å². The number of hydrogen-bond acceptors (Lipinski definition) is 5. The van der Waals surface area contributed by atoms with Crippen LogP contribution >= 0.6 is 12.4 Å². The van der Waals surface area contributed by atoms with E-state index in [2.05, 4.69) is 4.98 Å². The number of imide groups is 3. The van der Waals surface area contributed by atoms with Gasteiger partial charge in [0.25, 0.3) is 17.7 Å². The van der Waals surface area contributed by atoms with E-state index >= 15 is 0 Å². The van der Waals surface area contributed by atoms with E-state index in [-0.39, 0.29) is 12.4 Å². The van der Waals surface area contributed by atoms with Crippen molar-refractivity contribution in [1.29, 1.82) is 0 Å². The summed E-state index contributed by atoms with van der Waals surface area (Å²) >= 11 is 0. The van der Waals surface area contributed by atoms with Crippen LogP contribution in [-0.2, 0) is 17.6 Å². The van der Waals surface area contributed by atoms with Crippen molar-refractivity contribution in [3.63, 3.8) is 0 Å². The van der Waals surface area contributed by atoms with Gasteiger partial charge in [0, 0.05) is 16.3 Å². The molecule has 2 aromatic carbocycles. The lowest BCUT2D eigenvalue weighted by atomic mass is 9.94. The Bertz CT molecular complexity index is 1230. The van der Waals surface area contributed by atoms with Crippen LogP contribution in [0, 0.1) is 0 Å². The van der Waals surface area contributed by atoms with Crippen molar-refractivity contribution in [2.45, 2.75) is 44.6 Å². The number of carbonyl (C=O) groups is 3. The van der Waals surface area contributed by atoms with Crippen molar-refractivity contribution in [3.8, 4) is 0 Å². The third-order valence-corrected chi connectivity index (χ3v) is 6.37. The van der Waals surface area contributed by atoms with Crippen LogP contribution in [0.5, 0.6) is 0 Å². The first-order valence-electron chi connectivity index (χ1n) is 10.5. The fourth-order valence-electron chi connectivity index (χ4n) is 4.96. The van der Waals surface area contributed by atoms with Crippen LogP contribution in [0.2, 0.25) is 0 Å². The van der Waals surface area contributed by atoms with E-state index in [1.807, 2.05) is 24.3 Å². The zero-order valence-electron chi connectivity index (χ0n) is 17.1. The smallest absolute Gasteiger partial charge is 0.269 e. The molecule has 1 aliphatic carbocycles. The molecule has 1 aliphatic heterocycles. The van der Waals surface area contributed by atoms with Crippen LogP contribution in [0.1, 0.15) is 57.5 Å². The number of H-pyrrole nitrogens is 1. The van der Waals surface area contributed by atoms with Crippen LogP contribution in [-0.4, -0.2) is 40.2 Å². The first-order chi connectivity index (χ1) is 14.5. The van der Waals surface area contributed by atoms with Crippen molar-refractivity contribution < 1.29 is 14.4 Å². The minimum Gasteiger partial charge on any atom is -0.354 e. The molecule has 31 heavy (non-hydrogen) atoms. The summed E-state index contributed by atoms with van der Waals surface area (Å²) in [5.41, 5.74) is 16.1. The molecule has 162 valence electrons.